The van der Waals surface area contributed by atoms with Gasteiger partial charge in [-0.05, 0) is 37.6 Å². The number of hydrogen-bond acceptors (Lipinski definition) is 2. The van der Waals surface area contributed by atoms with E-state index in [1.54, 1.807) is 18.2 Å². The van der Waals surface area contributed by atoms with Gasteiger partial charge in [-0.2, -0.15) is 0 Å². The van der Waals surface area contributed by atoms with Crippen LogP contribution in [0.4, 0.5) is 5.69 Å². The minimum absolute atomic E-state index is 0.0868. The first-order valence-corrected chi connectivity index (χ1v) is 7.28. The summed E-state index contributed by atoms with van der Waals surface area (Å²) >= 11 is 5.88. The predicted octanol–water partition coefficient (Wildman–Crippen LogP) is 3.94. The number of anilines is 1. The van der Waals surface area contributed by atoms with Gasteiger partial charge in [0.05, 0.1) is 6.54 Å². The third kappa shape index (κ3) is 4.88. The van der Waals surface area contributed by atoms with Crippen LogP contribution in [0.2, 0.25) is 5.02 Å². The fourth-order valence-corrected chi connectivity index (χ4v) is 2.18. The summed E-state index contributed by atoms with van der Waals surface area (Å²) < 4.78 is 0. The molecule has 0 radical (unpaired) electrons. The van der Waals surface area contributed by atoms with Gasteiger partial charge in [0.25, 0.3) is 0 Å². The van der Waals surface area contributed by atoms with E-state index in [0.717, 1.165) is 5.56 Å². The number of rotatable bonds is 5. The average molecular weight is 303 g/mol. The second-order valence-electron chi connectivity index (χ2n) is 5.07. The van der Waals surface area contributed by atoms with Crippen molar-refractivity contribution in [3.05, 3.63) is 64.7 Å². The van der Waals surface area contributed by atoms with E-state index in [4.69, 9.17) is 11.6 Å². The van der Waals surface area contributed by atoms with Crippen molar-refractivity contribution in [2.45, 2.75) is 19.9 Å². The Balaban J connectivity index is 1.84. The summed E-state index contributed by atoms with van der Waals surface area (Å²) in [5.41, 5.74) is 3.10. The number of nitrogens with one attached hydrogen (secondary N) is 2. The van der Waals surface area contributed by atoms with Crippen LogP contribution in [0.15, 0.2) is 48.5 Å². The summed E-state index contributed by atoms with van der Waals surface area (Å²) in [4.78, 5) is 11.9. The molecular weight excluding hydrogens is 284 g/mol. The Morgan fingerprint density at radius 1 is 1.19 bits per heavy atom. The maximum absolute atomic E-state index is 11.9. The molecule has 0 aromatic heterocycles. The largest absolute Gasteiger partial charge is 0.325 e. The molecule has 4 heteroatoms. The van der Waals surface area contributed by atoms with E-state index in [9.17, 15) is 4.79 Å². The predicted molar refractivity (Wildman–Crippen MR) is 87.7 cm³/mol. The third-order valence-electron chi connectivity index (χ3n) is 3.25. The maximum atomic E-state index is 11.9. The van der Waals surface area contributed by atoms with Crippen molar-refractivity contribution in [1.29, 1.82) is 0 Å². The van der Waals surface area contributed by atoms with Crippen molar-refractivity contribution >= 4 is 23.2 Å². The highest BCUT2D eigenvalue weighted by Gasteiger charge is 2.08. The molecular formula is C17H19ClN2O. The second kappa shape index (κ2) is 7.25. The molecule has 0 saturated carbocycles. The number of carbonyl (C=O) groups excluding carboxylic acids is 1. The fraction of sp³-hybridized carbons (Fsp3) is 0.235. The molecule has 0 heterocycles. The Morgan fingerprint density at radius 2 is 1.90 bits per heavy atom. The normalized spacial score (nSPS) is 12.0. The molecule has 0 saturated heterocycles. The molecule has 0 fully saturated rings. The molecule has 1 atom stereocenters. The fourth-order valence-electron chi connectivity index (χ4n) is 1.99. The van der Waals surface area contributed by atoms with E-state index >= 15 is 0 Å². The van der Waals surface area contributed by atoms with Crippen LogP contribution < -0.4 is 10.6 Å². The standard InChI is InChI=1S/C17H19ClN2O/c1-12-6-8-14(9-7-12)13(2)19-11-17(21)20-16-5-3-4-15(18)10-16/h3-10,13,19H,11H2,1-2H3,(H,20,21)/t13-/m0/s1. The van der Waals surface area contributed by atoms with Crippen molar-refractivity contribution in [2.75, 3.05) is 11.9 Å². The van der Waals surface area contributed by atoms with Gasteiger partial charge < -0.3 is 10.6 Å². The SMILES string of the molecule is Cc1ccc([C@H](C)NCC(=O)Nc2cccc(Cl)c2)cc1. The van der Waals surface area contributed by atoms with Gasteiger partial charge in [0.15, 0.2) is 0 Å². The molecule has 2 aromatic carbocycles. The first-order chi connectivity index (χ1) is 10.0. The van der Waals surface area contributed by atoms with Gasteiger partial charge in [-0.1, -0.05) is 47.5 Å². The molecule has 0 aliphatic carbocycles. The molecule has 2 aromatic rings. The van der Waals surface area contributed by atoms with Crippen LogP contribution in [-0.4, -0.2) is 12.5 Å². The van der Waals surface area contributed by atoms with Crippen molar-refractivity contribution in [2.24, 2.45) is 0 Å². The van der Waals surface area contributed by atoms with Crippen LogP contribution in [0.25, 0.3) is 0 Å². The lowest BCUT2D eigenvalue weighted by molar-refractivity contribution is -0.115. The number of benzene rings is 2. The zero-order valence-electron chi connectivity index (χ0n) is 12.2. The third-order valence-corrected chi connectivity index (χ3v) is 3.49. The van der Waals surface area contributed by atoms with Gasteiger partial charge in [-0.25, -0.2) is 0 Å². The van der Waals surface area contributed by atoms with Crippen molar-refractivity contribution in [3.8, 4) is 0 Å². The molecule has 2 rings (SSSR count). The lowest BCUT2D eigenvalue weighted by Gasteiger charge is -2.14. The van der Waals surface area contributed by atoms with Crippen LogP contribution in [0.5, 0.6) is 0 Å². The molecule has 110 valence electrons. The van der Waals surface area contributed by atoms with Crippen molar-refractivity contribution < 1.29 is 4.79 Å². The smallest absolute Gasteiger partial charge is 0.238 e. The summed E-state index contributed by atoms with van der Waals surface area (Å²) in [6, 6.07) is 15.5. The molecule has 0 aliphatic heterocycles. The van der Waals surface area contributed by atoms with Crippen molar-refractivity contribution in [1.82, 2.24) is 5.32 Å². The minimum Gasteiger partial charge on any atom is -0.325 e. The molecule has 0 spiro atoms. The van der Waals surface area contributed by atoms with Gasteiger partial charge >= 0.3 is 0 Å². The van der Waals surface area contributed by atoms with Crippen LogP contribution in [0, 0.1) is 6.92 Å². The number of halogens is 1. The summed E-state index contributed by atoms with van der Waals surface area (Å²) in [6.07, 6.45) is 0. The summed E-state index contributed by atoms with van der Waals surface area (Å²) in [5, 5.41) is 6.63. The molecule has 0 unspecified atom stereocenters. The molecule has 21 heavy (non-hydrogen) atoms. The highest BCUT2D eigenvalue weighted by atomic mass is 35.5. The van der Waals surface area contributed by atoms with E-state index < -0.39 is 0 Å². The van der Waals surface area contributed by atoms with E-state index in [1.165, 1.54) is 5.56 Å². The van der Waals surface area contributed by atoms with Gasteiger partial charge in [0.2, 0.25) is 5.91 Å². The number of aryl methyl sites for hydroxylation is 1. The topological polar surface area (TPSA) is 41.1 Å². The lowest BCUT2D eigenvalue weighted by atomic mass is 10.1. The Hall–Kier alpha value is -1.84. The van der Waals surface area contributed by atoms with Crippen LogP contribution in [-0.2, 0) is 4.79 Å². The van der Waals surface area contributed by atoms with E-state index in [-0.39, 0.29) is 18.5 Å². The molecule has 2 N–H and O–H groups in total. The average Bonchev–Trinajstić information content (AvgIpc) is 2.45. The number of carbonyl (C=O) groups is 1. The van der Waals surface area contributed by atoms with Gasteiger partial charge in [-0.15, -0.1) is 0 Å². The maximum Gasteiger partial charge on any atom is 0.238 e. The Morgan fingerprint density at radius 3 is 2.57 bits per heavy atom. The minimum atomic E-state index is -0.0868. The first-order valence-electron chi connectivity index (χ1n) is 6.90. The van der Waals surface area contributed by atoms with Gasteiger partial charge in [-0.3, -0.25) is 4.79 Å². The summed E-state index contributed by atoms with van der Waals surface area (Å²) in [5.74, 6) is -0.0868. The van der Waals surface area contributed by atoms with Crippen LogP contribution in [0.1, 0.15) is 24.1 Å². The van der Waals surface area contributed by atoms with Gasteiger partial charge in [0.1, 0.15) is 0 Å². The summed E-state index contributed by atoms with van der Waals surface area (Å²) in [7, 11) is 0. The quantitative estimate of drug-likeness (QED) is 0.878. The molecule has 1 amide bonds. The molecule has 0 aliphatic rings. The van der Waals surface area contributed by atoms with E-state index in [1.807, 2.05) is 13.0 Å². The Bertz CT molecular complexity index is 610. The molecule has 0 bridgehead atoms. The summed E-state index contributed by atoms with van der Waals surface area (Å²) in [6.45, 7) is 4.35. The van der Waals surface area contributed by atoms with Crippen LogP contribution in [0.3, 0.4) is 0 Å². The Kier molecular flexibility index (Phi) is 5.37. The van der Waals surface area contributed by atoms with E-state index in [2.05, 4.69) is 41.8 Å². The van der Waals surface area contributed by atoms with Gasteiger partial charge in [0, 0.05) is 16.8 Å². The lowest BCUT2D eigenvalue weighted by Crippen LogP contribution is -2.30. The second-order valence-corrected chi connectivity index (χ2v) is 5.51. The Labute approximate surface area is 130 Å². The zero-order valence-corrected chi connectivity index (χ0v) is 12.9. The first kappa shape index (κ1) is 15.5. The number of hydrogen-bond donors (Lipinski definition) is 2. The zero-order chi connectivity index (χ0) is 15.2. The van der Waals surface area contributed by atoms with Crippen LogP contribution >= 0.6 is 11.6 Å². The van der Waals surface area contributed by atoms with E-state index in [0.29, 0.717) is 10.7 Å². The highest BCUT2D eigenvalue weighted by Crippen LogP contribution is 2.15. The highest BCUT2D eigenvalue weighted by molar-refractivity contribution is 6.30. The number of amides is 1. The monoisotopic (exact) mass is 302 g/mol. The molecule has 3 nitrogen and oxygen atoms in total. The van der Waals surface area contributed by atoms with Crippen molar-refractivity contribution in [3.63, 3.8) is 0 Å².